The molecule has 0 bridgehead atoms. The number of hydrogen-bond donors (Lipinski definition) is 0. The number of aryl methyl sites for hydroxylation is 1. The molecule has 0 radical (unpaired) electrons. The summed E-state index contributed by atoms with van der Waals surface area (Å²) in [6, 6.07) is 16.4. The maximum Gasteiger partial charge on any atom is 0.248 e. The molecule has 1 aromatic heterocycles. The van der Waals surface area contributed by atoms with Gasteiger partial charge in [-0.25, -0.2) is 4.68 Å². The van der Waals surface area contributed by atoms with E-state index < -0.39 is 0 Å². The molecule has 3 aromatic rings. The van der Waals surface area contributed by atoms with Crippen LogP contribution in [0.5, 0.6) is 5.88 Å². The van der Waals surface area contributed by atoms with Gasteiger partial charge in [-0.15, -0.1) is 5.10 Å². The van der Waals surface area contributed by atoms with Crippen molar-refractivity contribution >= 4 is 16.7 Å². The van der Waals surface area contributed by atoms with Gasteiger partial charge in [-0.3, -0.25) is 4.79 Å². The monoisotopic (exact) mass is 411 g/mol. The second-order valence-electron chi connectivity index (χ2n) is 6.35. The largest absolute Gasteiger partial charge is 0.475 e. The quantitative estimate of drug-likeness (QED) is 0.615. The molecule has 0 N–H and O–H groups in total. The smallest absolute Gasteiger partial charge is 0.248 e. The summed E-state index contributed by atoms with van der Waals surface area (Å²) in [7, 11) is 0. The van der Waals surface area contributed by atoms with Gasteiger partial charge in [-0.1, -0.05) is 58.0 Å². The lowest BCUT2D eigenvalue weighted by molar-refractivity contribution is -0.143. The van der Waals surface area contributed by atoms with Crippen LogP contribution in [0.2, 0.25) is 0 Å². The van der Waals surface area contributed by atoms with Crippen molar-refractivity contribution in [3.8, 4) is 11.6 Å². The number of carbonyl (C=O) groups is 1. The summed E-state index contributed by atoms with van der Waals surface area (Å²) in [5.74, 6) is 0.578. The first-order chi connectivity index (χ1) is 14.7. The number of hydrogen-bond acceptors (Lipinski definition) is 4. The number of ether oxygens (including phenoxy) is 2. The van der Waals surface area contributed by atoms with Crippen molar-refractivity contribution in [2.24, 2.45) is 0 Å². The van der Waals surface area contributed by atoms with Crippen LogP contribution in [-0.4, -0.2) is 53.5 Å². The van der Waals surface area contributed by atoms with E-state index in [-0.39, 0.29) is 12.5 Å². The molecule has 162 valence electrons. The Kier molecular flexibility index (Phi) is 9.35. The third-order valence-electron chi connectivity index (χ3n) is 4.54. The van der Waals surface area contributed by atoms with Crippen molar-refractivity contribution in [3.63, 3.8) is 0 Å². The second kappa shape index (κ2) is 12.0. The lowest BCUT2D eigenvalue weighted by Gasteiger charge is -2.26. The average molecular weight is 412 g/mol. The van der Waals surface area contributed by atoms with Gasteiger partial charge in [0, 0.05) is 18.3 Å². The number of benzene rings is 2. The fraction of sp³-hybridized carbons (Fsp3) is 0.417. The van der Waals surface area contributed by atoms with Crippen molar-refractivity contribution in [2.45, 2.75) is 34.6 Å². The van der Waals surface area contributed by atoms with Crippen LogP contribution in [0.25, 0.3) is 16.5 Å². The van der Waals surface area contributed by atoms with Crippen molar-refractivity contribution in [3.05, 3.63) is 54.2 Å². The highest BCUT2D eigenvalue weighted by molar-refractivity contribution is 5.84. The van der Waals surface area contributed by atoms with E-state index in [0.717, 1.165) is 11.4 Å². The van der Waals surface area contributed by atoms with E-state index >= 15 is 0 Å². The first-order valence-electron chi connectivity index (χ1n) is 10.7. The normalized spacial score (nSPS) is 13.2. The molecule has 1 saturated heterocycles. The summed E-state index contributed by atoms with van der Waals surface area (Å²) >= 11 is 0. The van der Waals surface area contributed by atoms with Crippen LogP contribution in [0, 0.1) is 6.92 Å². The summed E-state index contributed by atoms with van der Waals surface area (Å²) < 4.78 is 12.8. The zero-order valence-electron chi connectivity index (χ0n) is 18.7. The van der Waals surface area contributed by atoms with Crippen molar-refractivity contribution < 1.29 is 14.3 Å². The van der Waals surface area contributed by atoms with Crippen LogP contribution in [0.4, 0.5) is 0 Å². The molecule has 6 nitrogen and oxygen atoms in total. The molecule has 4 rings (SSSR count). The highest BCUT2D eigenvalue weighted by Crippen LogP contribution is 2.21. The van der Waals surface area contributed by atoms with E-state index in [1.165, 1.54) is 10.8 Å². The molecule has 2 heterocycles. The van der Waals surface area contributed by atoms with E-state index in [2.05, 4.69) is 35.4 Å². The van der Waals surface area contributed by atoms with Crippen molar-refractivity contribution in [1.29, 1.82) is 0 Å². The number of nitrogens with zero attached hydrogens (tertiary/aromatic N) is 3. The maximum atomic E-state index is 11.7. The van der Waals surface area contributed by atoms with E-state index in [1.54, 1.807) is 4.90 Å². The molecule has 1 aliphatic rings. The molecule has 2 aromatic carbocycles. The third kappa shape index (κ3) is 5.83. The van der Waals surface area contributed by atoms with Gasteiger partial charge in [0.05, 0.1) is 18.8 Å². The predicted molar refractivity (Wildman–Crippen MR) is 121 cm³/mol. The molecule has 6 heteroatoms. The summed E-state index contributed by atoms with van der Waals surface area (Å²) in [4.78, 5) is 13.5. The average Bonchev–Trinajstić information content (AvgIpc) is 3.18. The van der Waals surface area contributed by atoms with Gasteiger partial charge in [0.2, 0.25) is 11.8 Å². The number of rotatable bonds is 5. The fourth-order valence-electron chi connectivity index (χ4n) is 3.13. The molecule has 0 spiro atoms. The van der Waals surface area contributed by atoms with E-state index in [0.29, 0.717) is 32.2 Å². The Hall–Kier alpha value is -2.86. The Bertz CT molecular complexity index is 936. The van der Waals surface area contributed by atoms with Gasteiger partial charge in [-0.2, -0.15) is 0 Å². The van der Waals surface area contributed by atoms with Crippen LogP contribution >= 0.6 is 0 Å². The Labute approximate surface area is 179 Å². The minimum Gasteiger partial charge on any atom is -0.475 e. The highest BCUT2D eigenvalue weighted by atomic mass is 16.5. The maximum absolute atomic E-state index is 11.7. The van der Waals surface area contributed by atoms with Gasteiger partial charge < -0.3 is 14.4 Å². The topological polar surface area (TPSA) is 56.6 Å². The predicted octanol–water partition coefficient (Wildman–Crippen LogP) is 4.62. The molecule has 30 heavy (non-hydrogen) atoms. The van der Waals surface area contributed by atoms with Crippen LogP contribution < -0.4 is 4.74 Å². The number of aromatic nitrogens is 2. The number of fused-ring (bicyclic) bond motifs is 1. The molecule has 0 atom stereocenters. The summed E-state index contributed by atoms with van der Waals surface area (Å²) in [6.07, 6.45) is 0. The standard InChI is InChI=1S/C20H21N3O3.2C2H6/c1-15-12-19(26-11-9-22-8-10-25-14-20(22)24)21-23(15)18-7-6-16-4-2-3-5-17(16)13-18;2*1-2/h2-7,12-13H,8-11,14H2,1H3;2*1-2H3. The van der Waals surface area contributed by atoms with Crippen molar-refractivity contribution in [1.82, 2.24) is 14.7 Å². The van der Waals surface area contributed by atoms with Gasteiger partial charge in [0.1, 0.15) is 13.2 Å². The molecule has 1 aliphatic heterocycles. The fourth-order valence-corrected chi connectivity index (χ4v) is 3.13. The van der Waals surface area contributed by atoms with Gasteiger partial charge in [0.15, 0.2) is 0 Å². The Morgan fingerprint density at radius 2 is 1.77 bits per heavy atom. The SMILES string of the molecule is CC.CC.Cc1cc(OCCN2CCOCC2=O)nn1-c1ccc2ccccc2c1. The van der Waals surface area contributed by atoms with Crippen LogP contribution in [0.15, 0.2) is 48.5 Å². The van der Waals surface area contributed by atoms with Gasteiger partial charge in [-0.05, 0) is 29.8 Å². The first-order valence-corrected chi connectivity index (χ1v) is 10.7. The van der Waals surface area contributed by atoms with Crippen molar-refractivity contribution in [2.75, 3.05) is 32.9 Å². The first kappa shape index (κ1) is 23.4. The lowest BCUT2D eigenvalue weighted by Crippen LogP contribution is -2.43. The molecule has 0 aliphatic carbocycles. The summed E-state index contributed by atoms with van der Waals surface area (Å²) in [5, 5.41) is 6.93. The minimum absolute atomic E-state index is 0.0118. The molecule has 0 unspecified atom stereocenters. The van der Waals surface area contributed by atoms with Gasteiger partial charge in [0.25, 0.3) is 0 Å². The van der Waals surface area contributed by atoms with Gasteiger partial charge >= 0.3 is 0 Å². The molecule has 0 saturated carbocycles. The van der Waals surface area contributed by atoms with Crippen LogP contribution in [0.1, 0.15) is 33.4 Å². The zero-order valence-corrected chi connectivity index (χ0v) is 18.7. The molecule has 1 amide bonds. The Balaban J connectivity index is 0.000000757. The lowest BCUT2D eigenvalue weighted by atomic mass is 10.1. The Morgan fingerprint density at radius 3 is 2.50 bits per heavy atom. The molecular weight excluding hydrogens is 378 g/mol. The van der Waals surface area contributed by atoms with E-state index in [4.69, 9.17) is 9.47 Å². The molecule has 1 fully saturated rings. The van der Waals surface area contributed by atoms with E-state index in [1.807, 2.05) is 57.5 Å². The second-order valence-corrected chi connectivity index (χ2v) is 6.35. The summed E-state index contributed by atoms with van der Waals surface area (Å²) in [5.41, 5.74) is 2.00. The number of morpholine rings is 1. The van der Waals surface area contributed by atoms with Crippen LogP contribution in [0.3, 0.4) is 0 Å². The zero-order chi connectivity index (χ0) is 21.9. The van der Waals surface area contributed by atoms with Crippen LogP contribution in [-0.2, 0) is 9.53 Å². The minimum atomic E-state index is 0.0118. The number of amides is 1. The van der Waals surface area contributed by atoms with E-state index in [9.17, 15) is 4.79 Å². The highest BCUT2D eigenvalue weighted by Gasteiger charge is 2.18. The Morgan fingerprint density at radius 1 is 1.03 bits per heavy atom. The third-order valence-corrected chi connectivity index (χ3v) is 4.54. The summed E-state index contributed by atoms with van der Waals surface area (Å²) in [6.45, 7) is 12.3. The molecular formula is C24H33N3O3. The number of carbonyl (C=O) groups excluding carboxylic acids is 1.